The third kappa shape index (κ3) is 5.38. The van der Waals surface area contributed by atoms with Crippen molar-refractivity contribution in [2.45, 2.75) is 12.8 Å². The smallest absolute Gasteiger partial charge is 0.236 e. The molecule has 0 aromatic heterocycles. The van der Waals surface area contributed by atoms with Gasteiger partial charge >= 0.3 is 0 Å². The van der Waals surface area contributed by atoms with Crippen LogP contribution in [-0.2, 0) is 21.2 Å². The Morgan fingerprint density at radius 1 is 1.00 bits per heavy atom. The zero-order valence-electron chi connectivity index (χ0n) is 13.7. The van der Waals surface area contributed by atoms with Crippen molar-refractivity contribution in [2.75, 3.05) is 23.7 Å². The van der Waals surface area contributed by atoms with E-state index in [2.05, 4.69) is 5.32 Å². The first-order valence-electron chi connectivity index (χ1n) is 7.81. The molecule has 1 N–H and O–H groups in total. The van der Waals surface area contributed by atoms with E-state index in [1.54, 1.807) is 24.3 Å². The second-order valence-corrected chi connectivity index (χ2v) is 7.57. The Bertz CT molecular complexity index is 746. The first-order valence-corrected chi connectivity index (χ1v) is 9.42. The molecule has 5 nitrogen and oxygen atoms in total. The van der Waals surface area contributed by atoms with Crippen LogP contribution in [0.2, 0.25) is 0 Å². The summed E-state index contributed by atoms with van der Waals surface area (Å²) in [5, 5.41) is 2.67. The van der Waals surface area contributed by atoms with E-state index in [-0.39, 0.29) is 18.2 Å². The van der Waals surface area contributed by atoms with Crippen molar-refractivity contribution in [1.29, 1.82) is 0 Å². The van der Waals surface area contributed by atoms with E-state index in [4.69, 9.17) is 0 Å². The van der Waals surface area contributed by atoms with Crippen LogP contribution in [0.25, 0.3) is 0 Å². The molecular weight excluding hydrogens is 324 g/mol. The van der Waals surface area contributed by atoms with Gasteiger partial charge in [0.1, 0.15) is 0 Å². The summed E-state index contributed by atoms with van der Waals surface area (Å²) in [6.07, 6.45) is 0.988. The topological polar surface area (TPSA) is 66.5 Å². The Labute approximate surface area is 143 Å². The molecule has 0 saturated carbocycles. The van der Waals surface area contributed by atoms with Gasteiger partial charge in [0.15, 0.2) is 0 Å². The van der Waals surface area contributed by atoms with Gasteiger partial charge in [-0.3, -0.25) is 9.10 Å². The molecule has 1 amide bonds. The molecule has 0 saturated heterocycles. The number of anilines is 1. The first-order chi connectivity index (χ1) is 11.5. The number of carbonyl (C=O) groups excluding carboxylic acids is 1. The maximum absolute atomic E-state index is 12.3. The van der Waals surface area contributed by atoms with E-state index in [1.807, 2.05) is 36.4 Å². The number of sulfonamides is 1. The number of rotatable bonds is 8. The number of hydrogen-bond donors (Lipinski definition) is 1. The lowest BCUT2D eigenvalue weighted by Gasteiger charge is -2.19. The predicted octanol–water partition coefficient (Wildman–Crippen LogP) is 2.20. The van der Waals surface area contributed by atoms with Gasteiger partial charge in [0, 0.05) is 20.0 Å². The van der Waals surface area contributed by atoms with Crippen molar-refractivity contribution >= 4 is 21.6 Å². The van der Waals surface area contributed by atoms with Crippen LogP contribution < -0.4 is 9.62 Å². The number of amides is 1. The summed E-state index contributed by atoms with van der Waals surface area (Å²) in [5.74, 6) is -0.272. The molecule has 0 atom stereocenters. The van der Waals surface area contributed by atoms with E-state index in [0.717, 1.165) is 5.56 Å². The number of carbonyl (C=O) groups is 1. The molecule has 0 radical (unpaired) electrons. The van der Waals surface area contributed by atoms with E-state index >= 15 is 0 Å². The van der Waals surface area contributed by atoms with Crippen molar-refractivity contribution in [3.05, 3.63) is 66.2 Å². The third-order valence-corrected chi connectivity index (χ3v) is 5.47. The van der Waals surface area contributed by atoms with Crippen molar-refractivity contribution in [3.8, 4) is 0 Å². The van der Waals surface area contributed by atoms with Crippen LogP contribution in [0.3, 0.4) is 0 Å². The number of aryl methyl sites for hydroxylation is 1. The van der Waals surface area contributed by atoms with Gasteiger partial charge in [-0.25, -0.2) is 8.42 Å². The summed E-state index contributed by atoms with van der Waals surface area (Å²) in [7, 11) is -1.94. The molecule has 24 heavy (non-hydrogen) atoms. The highest BCUT2D eigenvalue weighted by Crippen LogP contribution is 2.15. The van der Waals surface area contributed by atoms with Gasteiger partial charge in [-0.05, 0) is 24.1 Å². The van der Waals surface area contributed by atoms with Crippen molar-refractivity contribution < 1.29 is 13.2 Å². The Hall–Kier alpha value is -2.34. The molecule has 0 aliphatic carbocycles. The van der Waals surface area contributed by atoms with Crippen LogP contribution in [0, 0.1) is 0 Å². The van der Waals surface area contributed by atoms with E-state index in [1.165, 1.54) is 11.4 Å². The van der Waals surface area contributed by atoms with Gasteiger partial charge < -0.3 is 5.32 Å². The molecule has 2 aromatic rings. The SMILES string of the molecule is CN(c1ccccc1)S(=O)(=O)CCNC(=O)CCc1ccccc1. The minimum Gasteiger partial charge on any atom is -0.355 e. The molecule has 128 valence electrons. The van der Waals surface area contributed by atoms with E-state index in [0.29, 0.717) is 18.5 Å². The molecule has 0 spiro atoms. The van der Waals surface area contributed by atoms with Crippen molar-refractivity contribution in [2.24, 2.45) is 0 Å². The highest BCUT2D eigenvalue weighted by molar-refractivity contribution is 7.92. The maximum atomic E-state index is 12.3. The minimum absolute atomic E-state index is 0.104. The molecule has 0 heterocycles. The van der Waals surface area contributed by atoms with Crippen LogP contribution in [0.1, 0.15) is 12.0 Å². The lowest BCUT2D eigenvalue weighted by Crippen LogP contribution is -2.35. The summed E-state index contributed by atoms with van der Waals surface area (Å²) >= 11 is 0. The van der Waals surface area contributed by atoms with Crippen molar-refractivity contribution in [3.63, 3.8) is 0 Å². The molecule has 0 aliphatic heterocycles. The molecule has 0 unspecified atom stereocenters. The average molecular weight is 346 g/mol. The normalized spacial score (nSPS) is 11.0. The summed E-state index contributed by atoms with van der Waals surface area (Å²) in [4.78, 5) is 11.8. The molecular formula is C18H22N2O3S. The summed E-state index contributed by atoms with van der Waals surface area (Å²) in [6, 6.07) is 18.6. The van der Waals surface area contributed by atoms with Crippen LogP contribution in [0.4, 0.5) is 5.69 Å². The monoisotopic (exact) mass is 346 g/mol. The Morgan fingerprint density at radius 3 is 2.21 bits per heavy atom. The van der Waals surface area contributed by atoms with Gasteiger partial charge in [-0.2, -0.15) is 0 Å². The lowest BCUT2D eigenvalue weighted by molar-refractivity contribution is -0.120. The fraction of sp³-hybridized carbons (Fsp3) is 0.278. The Kier molecular flexibility index (Phi) is 6.37. The van der Waals surface area contributed by atoms with Crippen LogP contribution in [-0.4, -0.2) is 33.7 Å². The fourth-order valence-electron chi connectivity index (χ4n) is 2.25. The van der Waals surface area contributed by atoms with Gasteiger partial charge in [0.25, 0.3) is 0 Å². The second-order valence-electron chi connectivity index (χ2n) is 5.45. The van der Waals surface area contributed by atoms with Crippen LogP contribution in [0.5, 0.6) is 0 Å². The second kappa shape index (κ2) is 8.49. The highest BCUT2D eigenvalue weighted by Gasteiger charge is 2.18. The number of hydrogen-bond acceptors (Lipinski definition) is 3. The number of nitrogens with one attached hydrogen (secondary N) is 1. The lowest BCUT2D eigenvalue weighted by atomic mass is 10.1. The molecule has 0 bridgehead atoms. The number of benzene rings is 2. The van der Waals surface area contributed by atoms with Gasteiger partial charge in [-0.1, -0.05) is 48.5 Å². The first kappa shape index (κ1) is 18.0. The third-order valence-electron chi connectivity index (χ3n) is 3.70. The molecule has 0 aliphatic rings. The number of nitrogens with zero attached hydrogens (tertiary/aromatic N) is 1. The standard InChI is InChI=1S/C18H22N2O3S/c1-20(17-10-6-3-7-11-17)24(22,23)15-14-19-18(21)13-12-16-8-4-2-5-9-16/h2-11H,12-15H2,1H3,(H,19,21). The Morgan fingerprint density at radius 2 is 1.58 bits per heavy atom. The number of para-hydroxylation sites is 1. The quantitative estimate of drug-likeness (QED) is 0.797. The zero-order chi connectivity index (χ0) is 17.4. The predicted molar refractivity (Wildman–Crippen MR) is 96.4 cm³/mol. The summed E-state index contributed by atoms with van der Waals surface area (Å²) in [5.41, 5.74) is 1.69. The largest absolute Gasteiger partial charge is 0.355 e. The molecule has 2 aromatic carbocycles. The van der Waals surface area contributed by atoms with Gasteiger partial charge in [-0.15, -0.1) is 0 Å². The van der Waals surface area contributed by atoms with E-state index < -0.39 is 10.0 Å². The van der Waals surface area contributed by atoms with Crippen LogP contribution in [0.15, 0.2) is 60.7 Å². The summed E-state index contributed by atoms with van der Waals surface area (Å²) in [6.45, 7) is 0.104. The fourth-order valence-corrected chi connectivity index (χ4v) is 3.32. The van der Waals surface area contributed by atoms with E-state index in [9.17, 15) is 13.2 Å². The minimum atomic E-state index is -3.46. The molecule has 6 heteroatoms. The molecule has 2 rings (SSSR count). The van der Waals surface area contributed by atoms with Gasteiger partial charge in [0.05, 0.1) is 11.4 Å². The summed E-state index contributed by atoms with van der Waals surface area (Å²) < 4.78 is 25.8. The highest BCUT2D eigenvalue weighted by atomic mass is 32.2. The Balaban J connectivity index is 1.77. The zero-order valence-corrected chi connectivity index (χ0v) is 14.5. The van der Waals surface area contributed by atoms with Crippen LogP contribution >= 0.6 is 0 Å². The molecule has 0 fully saturated rings. The van der Waals surface area contributed by atoms with Gasteiger partial charge in [0.2, 0.25) is 15.9 Å². The van der Waals surface area contributed by atoms with Crippen molar-refractivity contribution in [1.82, 2.24) is 5.32 Å². The average Bonchev–Trinajstić information content (AvgIpc) is 2.61. The maximum Gasteiger partial charge on any atom is 0.236 e.